The Morgan fingerprint density at radius 1 is 0.638 bits per heavy atom. The van der Waals surface area contributed by atoms with Crippen LogP contribution in [0, 0.1) is 11.8 Å². The SMILES string of the molecule is O=C(O)CC(=O)OC[C@H]1O[C@@H](OC2CC3C(O)CC(O[C@@H]4O[C@H](CO)[C@@H](O)[C@H](O)[C@H]4O)CC3[OH+]C2C2CCC(O)C(O)C2)[C@H](O[C@@H]2OC[C@@H](O)[C@H](O)[C@H]2O)[C@@H](O)[C@@H]1O. The monoisotopic (exact) mass is 845 g/mol. The number of esters is 1. The fourth-order valence-corrected chi connectivity index (χ4v) is 8.84. The Kier molecular flexibility index (Phi) is 15.4. The number of aliphatic hydroxyl groups excluding tert-OH is 12. The van der Waals surface area contributed by atoms with Crippen molar-refractivity contribution >= 4 is 11.9 Å². The highest BCUT2D eigenvalue weighted by atomic mass is 16.8. The lowest BCUT2D eigenvalue weighted by Gasteiger charge is -2.50. The zero-order valence-electron chi connectivity index (χ0n) is 31.3. The zero-order chi connectivity index (χ0) is 42.2. The lowest BCUT2D eigenvalue weighted by molar-refractivity contribution is -0.383. The number of hydrogen-bond acceptors (Lipinski definition) is 21. The number of aliphatic carboxylic acids is 1. The second-order valence-corrected chi connectivity index (χ2v) is 16.1. The molecule has 6 fully saturated rings. The molecular formula is C35H57O23+. The summed E-state index contributed by atoms with van der Waals surface area (Å²) in [6.07, 6.45) is -29.7. The van der Waals surface area contributed by atoms with E-state index in [0.29, 0.717) is 6.42 Å². The summed E-state index contributed by atoms with van der Waals surface area (Å²) in [6, 6.07) is 0. The number of carboxylic acids is 1. The van der Waals surface area contributed by atoms with Crippen molar-refractivity contribution in [3.05, 3.63) is 0 Å². The van der Waals surface area contributed by atoms with E-state index in [9.17, 15) is 70.9 Å². The van der Waals surface area contributed by atoms with Gasteiger partial charge in [-0.3, -0.25) is 9.59 Å². The number of carbonyl (C=O) groups excluding carboxylic acids is 1. The van der Waals surface area contributed by atoms with E-state index in [1.54, 1.807) is 0 Å². The van der Waals surface area contributed by atoms with Gasteiger partial charge in [0.25, 0.3) is 0 Å². The van der Waals surface area contributed by atoms with Crippen molar-refractivity contribution in [1.82, 2.24) is 0 Å². The summed E-state index contributed by atoms with van der Waals surface area (Å²) in [5.74, 6) is -3.69. The molecule has 4 saturated heterocycles. The molecule has 4 heterocycles. The van der Waals surface area contributed by atoms with Crippen LogP contribution in [-0.4, -0.2) is 232 Å². The number of ether oxygens (including phenoxy) is 8. The van der Waals surface area contributed by atoms with E-state index in [0.717, 1.165) is 0 Å². The average molecular weight is 846 g/mol. The van der Waals surface area contributed by atoms with Gasteiger partial charge >= 0.3 is 11.9 Å². The van der Waals surface area contributed by atoms with Gasteiger partial charge in [0.2, 0.25) is 0 Å². The van der Waals surface area contributed by atoms with Crippen LogP contribution in [-0.2, 0) is 42.7 Å². The van der Waals surface area contributed by atoms with Gasteiger partial charge in [-0.25, -0.2) is 0 Å². The summed E-state index contributed by atoms with van der Waals surface area (Å²) in [4.78, 5) is 23.1. The second-order valence-electron chi connectivity index (χ2n) is 16.1. The zero-order valence-corrected chi connectivity index (χ0v) is 31.3. The molecule has 4 aliphatic heterocycles. The first kappa shape index (κ1) is 45.7. The molecule has 23 heteroatoms. The first-order chi connectivity index (χ1) is 27.5. The van der Waals surface area contributed by atoms with Gasteiger partial charge in [0, 0.05) is 18.8 Å². The number of carbonyl (C=O) groups is 2. The molecule has 23 nitrogen and oxygen atoms in total. The van der Waals surface area contributed by atoms with Crippen LogP contribution in [0.25, 0.3) is 0 Å². The quantitative estimate of drug-likeness (QED) is 0.0493. The molecule has 0 radical (unpaired) electrons. The van der Waals surface area contributed by atoms with Crippen LogP contribution < -0.4 is 0 Å². The highest BCUT2D eigenvalue weighted by Gasteiger charge is 2.57. The summed E-state index contributed by atoms with van der Waals surface area (Å²) in [7, 11) is 0. The Morgan fingerprint density at radius 3 is 2.02 bits per heavy atom. The molecule has 2 aliphatic carbocycles. The maximum atomic E-state index is 12.1. The van der Waals surface area contributed by atoms with Crippen LogP contribution in [0.15, 0.2) is 0 Å². The molecule has 9 unspecified atom stereocenters. The third-order valence-corrected chi connectivity index (χ3v) is 12.1. The fraction of sp³-hybridized carbons (Fsp3) is 0.943. The highest BCUT2D eigenvalue weighted by molar-refractivity contribution is 5.90. The normalized spacial score (nSPS) is 50.1. The Morgan fingerprint density at radius 2 is 1.33 bits per heavy atom. The molecule has 0 aromatic carbocycles. The topological polar surface area (TPSA) is 375 Å². The lowest BCUT2D eigenvalue weighted by Crippen LogP contribution is -2.65. The predicted molar refractivity (Wildman–Crippen MR) is 183 cm³/mol. The molecule has 6 aliphatic rings. The third kappa shape index (κ3) is 10.1. The maximum Gasteiger partial charge on any atom is 0.317 e. The van der Waals surface area contributed by atoms with Crippen molar-refractivity contribution < 1.29 is 114 Å². The summed E-state index contributed by atoms with van der Waals surface area (Å²) >= 11 is 0. The summed E-state index contributed by atoms with van der Waals surface area (Å²) in [5.41, 5.74) is 0. The largest absolute Gasteiger partial charge is 0.481 e. The first-order valence-corrected chi connectivity index (χ1v) is 19.5. The van der Waals surface area contributed by atoms with Gasteiger partial charge in [-0.2, -0.15) is 0 Å². The van der Waals surface area contributed by atoms with Crippen LogP contribution in [0.3, 0.4) is 0 Å². The molecule has 0 aromatic rings. The summed E-state index contributed by atoms with van der Waals surface area (Å²) in [6.45, 7) is -1.90. The molecule has 14 N–H and O–H groups in total. The predicted octanol–water partition coefficient (Wildman–Crippen LogP) is -7.19. The van der Waals surface area contributed by atoms with Gasteiger partial charge in [-0.1, -0.05) is 0 Å². The fourth-order valence-electron chi connectivity index (χ4n) is 8.84. The van der Waals surface area contributed by atoms with E-state index in [1.165, 1.54) is 0 Å². The lowest BCUT2D eigenvalue weighted by atomic mass is 9.72. The van der Waals surface area contributed by atoms with E-state index < -0.39 is 179 Å². The Labute approximate surface area is 331 Å². The summed E-state index contributed by atoms with van der Waals surface area (Å²) < 4.78 is 45.3. The molecule has 2 saturated carbocycles. The van der Waals surface area contributed by atoms with E-state index in [1.807, 2.05) is 0 Å². The smallest absolute Gasteiger partial charge is 0.317 e. The van der Waals surface area contributed by atoms with Crippen LogP contribution >= 0.6 is 0 Å². The van der Waals surface area contributed by atoms with Gasteiger partial charge in [0.15, 0.2) is 31.1 Å². The van der Waals surface area contributed by atoms with E-state index in [-0.39, 0.29) is 32.1 Å². The molecule has 0 bridgehead atoms. The molecule has 0 spiro atoms. The van der Waals surface area contributed by atoms with Crippen LogP contribution in [0.5, 0.6) is 0 Å². The molecule has 6 rings (SSSR count). The number of aliphatic hydroxyl groups is 14. The van der Waals surface area contributed by atoms with Crippen molar-refractivity contribution in [3.63, 3.8) is 0 Å². The van der Waals surface area contributed by atoms with Gasteiger partial charge in [-0.05, 0) is 25.7 Å². The van der Waals surface area contributed by atoms with Crippen molar-refractivity contribution in [2.45, 2.75) is 174 Å². The van der Waals surface area contributed by atoms with Crippen molar-refractivity contribution in [3.8, 4) is 0 Å². The van der Waals surface area contributed by atoms with E-state index in [2.05, 4.69) is 0 Å². The number of carboxylic acid groups (broad SMARTS) is 1. The van der Waals surface area contributed by atoms with Crippen LogP contribution in [0.2, 0.25) is 0 Å². The number of hydrogen-bond donors (Lipinski definition) is 13. The minimum Gasteiger partial charge on any atom is -0.481 e. The molecule has 0 aromatic heterocycles. The minimum atomic E-state index is -1.92. The minimum absolute atomic E-state index is 0.0110. The van der Waals surface area contributed by atoms with Gasteiger partial charge in [-0.15, -0.1) is 0 Å². The van der Waals surface area contributed by atoms with Crippen molar-refractivity contribution in [1.29, 1.82) is 0 Å². The van der Waals surface area contributed by atoms with Crippen LogP contribution in [0.4, 0.5) is 0 Å². The maximum absolute atomic E-state index is 12.1. The Balaban J connectivity index is 1.23. The van der Waals surface area contributed by atoms with E-state index >= 15 is 0 Å². The van der Waals surface area contributed by atoms with E-state index in [4.69, 9.17) is 43.0 Å². The van der Waals surface area contributed by atoms with Crippen molar-refractivity contribution in [2.24, 2.45) is 11.8 Å². The van der Waals surface area contributed by atoms with Gasteiger partial charge in [0.1, 0.15) is 86.3 Å². The Bertz CT molecular complexity index is 1360. The Hall–Kier alpha value is -1.82. The van der Waals surface area contributed by atoms with Crippen molar-refractivity contribution in [2.75, 3.05) is 19.8 Å². The van der Waals surface area contributed by atoms with Gasteiger partial charge in [0.05, 0.1) is 43.5 Å². The molecular weight excluding hydrogens is 788 g/mol. The first-order valence-electron chi connectivity index (χ1n) is 19.5. The molecule has 0 amide bonds. The van der Waals surface area contributed by atoms with Crippen LogP contribution in [0.1, 0.15) is 44.9 Å². The average Bonchev–Trinajstić information content (AvgIpc) is 3.18. The number of fused-ring (bicyclic) bond motifs is 1. The highest BCUT2D eigenvalue weighted by Crippen LogP contribution is 2.43. The summed E-state index contributed by atoms with van der Waals surface area (Å²) in [5, 5.41) is 135. The molecule has 58 heavy (non-hydrogen) atoms. The molecule has 334 valence electrons. The third-order valence-electron chi connectivity index (χ3n) is 12.1. The standard InChI is InChI=1S/C35H56O23/c36-8-20-25(45)27(47)30(50)34(56-20)53-12-4-15(38)13-6-19(31(54-18(13)5-12)11-1-2-14(37)16(39)3-11)55-35-32(58-33-29(49)24(44)17(40)9-52-33)28(48)26(46)21(57-35)10-51-23(43)7-22(41)42/h11-21,24-40,44-50H,1-10H2,(H,41,42)/p+1/t11?,12?,13?,14?,15?,16?,17-,18?,19?,20-,21-,24+,25-,26-,27+,28+,29-,30-,31?,32-,33+,34-,35-/m1/s1. The number of rotatable bonds is 12. The molecule has 23 atom stereocenters. The second kappa shape index (κ2) is 19.5. The van der Waals surface area contributed by atoms with Gasteiger partial charge < -0.3 is 104 Å².